The number of nitrogens with zero attached hydrogens (tertiary/aromatic N) is 3. The zero-order chi connectivity index (χ0) is 19.3. The molecule has 28 heavy (non-hydrogen) atoms. The van der Waals surface area contributed by atoms with Crippen LogP contribution >= 0.6 is 0 Å². The van der Waals surface area contributed by atoms with Crippen molar-refractivity contribution in [2.75, 3.05) is 18.5 Å². The van der Waals surface area contributed by atoms with E-state index in [-0.39, 0.29) is 23.9 Å². The number of carbonyl (C=O) groups excluding carboxylic acids is 2. The topological polar surface area (TPSA) is 87.2 Å². The Morgan fingerprint density at radius 1 is 1.14 bits per heavy atom. The average Bonchev–Trinajstić information content (AvgIpc) is 3.32. The molecule has 2 aliphatic heterocycles. The van der Waals surface area contributed by atoms with Gasteiger partial charge in [-0.1, -0.05) is 30.3 Å². The van der Waals surface area contributed by atoms with Crippen molar-refractivity contribution in [2.45, 2.75) is 31.3 Å². The molecular formula is C21H23N5O2. The second-order valence-electron chi connectivity index (χ2n) is 7.98. The van der Waals surface area contributed by atoms with Gasteiger partial charge in [0.25, 0.3) is 0 Å². The van der Waals surface area contributed by atoms with Gasteiger partial charge in [0, 0.05) is 31.3 Å². The molecule has 2 aromatic rings. The molecule has 3 atom stereocenters. The molecule has 2 amide bonds. The van der Waals surface area contributed by atoms with Crippen molar-refractivity contribution in [1.82, 2.24) is 20.6 Å². The summed E-state index contributed by atoms with van der Waals surface area (Å²) < 4.78 is 0. The molecule has 144 valence electrons. The van der Waals surface area contributed by atoms with Crippen LogP contribution < -0.4 is 15.5 Å². The van der Waals surface area contributed by atoms with E-state index in [0.29, 0.717) is 24.6 Å². The van der Waals surface area contributed by atoms with Gasteiger partial charge in [-0.2, -0.15) is 0 Å². The molecule has 3 heterocycles. The summed E-state index contributed by atoms with van der Waals surface area (Å²) in [5.41, 5.74) is 0.145. The van der Waals surface area contributed by atoms with E-state index in [1.54, 1.807) is 13.2 Å². The Kier molecular flexibility index (Phi) is 3.86. The number of aromatic nitrogens is 2. The smallest absolute Gasteiger partial charge is 0.235 e. The van der Waals surface area contributed by atoms with Crippen molar-refractivity contribution < 1.29 is 9.59 Å². The number of anilines is 1. The Morgan fingerprint density at radius 2 is 1.93 bits per heavy atom. The monoisotopic (exact) mass is 377 g/mol. The second kappa shape index (κ2) is 6.29. The van der Waals surface area contributed by atoms with Gasteiger partial charge in [-0.25, -0.2) is 9.97 Å². The van der Waals surface area contributed by atoms with Gasteiger partial charge in [0.2, 0.25) is 11.8 Å². The highest BCUT2D eigenvalue weighted by Crippen LogP contribution is 2.48. The summed E-state index contributed by atoms with van der Waals surface area (Å²) in [6.45, 7) is 0.869. The number of benzene rings is 1. The predicted octanol–water partition coefficient (Wildman–Crippen LogP) is 1.36. The van der Waals surface area contributed by atoms with E-state index >= 15 is 0 Å². The van der Waals surface area contributed by atoms with E-state index in [4.69, 9.17) is 4.98 Å². The number of nitrogens with one attached hydrogen (secondary N) is 2. The first-order chi connectivity index (χ1) is 13.6. The highest BCUT2D eigenvalue weighted by atomic mass is 16.2. The highest BCUT2D eigenvalue weighted by molar-refractivity contribution is 6.08. The lowest BCUT2D eigenvalue weighted by atomic mass is 9.79. The summed E-state index contributed by atoms with van der Waals surface area (Å²) in [6, 6.07) is 12.2. The molecule has 7 nitrogen and oxygen atoms in total. The summed E-state index contributed by atoms with van der Waals surface area (Å²) in [7, 11) is 1.59. The fraction of sp³-hybridized carbons (Fsp3) is 0.429. The number of hydrogen-bond acceptors (Lipinski definition) is 5. The molecule has 2 bridgehead atoms. The molecule has 2 N–H and O–H groups in total. The van der Waals surface area contributed by atoms with Gasteiger partial charge >= 0.3 is 0 Å². The third-order valence-electron chi connectivity index (χ3n) is 6.41. The second-order valence-corrected chi connectivity index (χ2v) is 7.98. The maximum absolute atomic E-state index is 12.7. The Hall–Kier alpha value is -2.96. The van der Waals surface area contributed by atoms with E-state index in [0.717, 1.165) is 24.3 Å². The van der Waals surface area contributed by atoms with Gasteiger partial charge in [0.15, 0.2) is 5.82 Å². The van der Waals surface area contributed by atoms with Crippen LogP contribution in [0.4, 0.5) is 5.82 Å². The molecule has 2 aliphatic carbocycles. The zero-order valence-corrected chi connectivity index (χ0v) is 15.8. The van der Waals surface area contributed by atoms with Crippen LogP contribution in [0.5, 0.6) is 0 Å². The standard InChI is InChI=1S/C21H23N5O2/c1-22-19(27)21(8-9-21)20(28)25-17-14-11-15(17)26(12-14)16-7-10-23-18(24-16)13-5-3-2-4-6-13/h2-7,10,14-15,17H,8-9,11-12H2,1H3,(H,22,27)(H,25,28). The van der Waals surface area contributed by atoms with Crippen molar-refractivity contribution in [3.8, 4) is 11.4 Å². The van der Waals surface area contributed by atoms with E-state index in [9.17, 15) is 9.59 Å². The quantitative estimate of drug-likeness (QED) is 0.769. The lowest BCUT2D eigenvalue weighted by Crippen LogP contribution is -2.57. The maximum atomic E-state index is 12.7. The van der Waals surface area contributed by atoms with Crippen LogP contribution in [-0.2, 0) is 9.59 Å². The summed E-state index contributed by atoms with van der Waals surface area (Å²) in [6.07, 6.45) is 4.11. The summed E-state index contributed by atoms with van der Waals surface area (Å²) in [4.78, 5) is 36.2. The van der Waals surface area contributed by atoms with Gasteiger partial charge in [0.1, 0.15) is 11.2 Å². The summed E-state index contributed by atoms with van der Waals surface area (Å²) >= 11 is 0. The van der Waals surface area contributed by atoms with E-state index in [1.165, 1.54) is 0 Å². The Labute approximate surface area is 163 Å². The number of hydrogen-bond donors (Lipinski definition) is 2. The van der Waals surface area contributed by atoms with Gasteiger partial charge in [-0.15, -0.1) is 0 Å². The molecule has 2 saturated heterocycles. The molecule has 3 unspecified atom stereocenters. The first kappa shape index (κ1) is 17.2. The fourth-order valence-corrected chi connectivity index (χ4v) is 4.54. The van der Waals surface area contributed by atoms with Crippen LogP contribution in [-0.4, -0.2) is 47.5 Å². The fourth-order valence-electron chi connectivity index (χ4n) is 4.54. The van der Waals surface area contributed by atoms with Crippen LogP contribution in [0.25, 0.3) is 11.4 Å². The third-order valence-corrected chi connectivity index (χ3v) is 6.41. The molecule has 1 aromatic heterocycles. The van der Waals surface area contributed by atoms with E-state index < -0.39 is 5.41 Å². The Balaban J connectivity index is 1.31. The molecule has 6 rings (SSSR count). The molecule has 2 saturated carbocycles. The van der Waals surface area contributed by atoms with Crippen LogP contribution in [0.1, 0.15) is 19.3 Å². The summed E-state index contributed by atoms with van der Waals surface area (Å²) in [5, 5.41) is 5.78. The minimum absolute atomic E-state index is 0.0878. The lowest BCUT2D eigenvalue weighted by Gasteiger charge is -2.38. The van der Waals surface area contributed by atoms with E-state index in [2.05, 4.69) is 20.5 Å². The molecule has 4 fully saturated rings. The largest absolute Gasteiger partial charge is 0.358 e. The van der Waals surface area contributed by atoms with Gasteiger partial charge in [0.05, 0.1) is 12.1 Å². The van der Waals surface area contributed by atoms with Gasteiger partial charge in [-0.3, -0.25) is 9.59 Å². The normalized spacial score (nSPS) is 26.3. The lowest BCUT2D eigenvalue weighted by molar-refractivity contribution is -0.137. The van der Waals surface area contributed by atoms with Crippen molar-refractivity contribution >= 4 is 17.6 Å². The van der Waals surface area contributed by atoms with Crippen LogP contribution in [0.3, 0.4) is 0 Å². The van der Waals surface area contributed by atoms with Crippen molar-refractivity contribution in [3.05, 3.63) is 42.6 Å². The number of fused-ring (bicyclic) bond motifs is 1. The van der Waals surface area contributed by atoms with Crippen molar-refractivity contribution in [2.24, 2.45) is 11.3 Å². The predicted molar refractivity (Wildman–Crippen MR) is 104 cm³/mol. The number of amides is 2. The Morgan fingerprint density at radius 3 is 2.64 bits per heavy atom. The minimum atomic E-state index is -0.843. The van der Waals surface area contributed by atoms with Crippen molar-refractivity contribution in [1.29, 1.82) is 0 Å². The van der Waals surface area contributed by atoms with Gasteiger partial charge < -0.3 is 15.5 Å². The number of rotatable bonds is 5. The molecular weight excluding hydrogens is 354 g/mol. The van der Waals surface area contributed by atoms with Crippen LogP contribution in [0.15, 0.2) is 42.6 Å². The Bertz CT molecular complexity index is 927. The highest BCUT2D eigenvalue weighted by Gasteiger charge is 2.59. The van der Waals surface area contributed by atoms with E-state index in [1.807, 2.05) is 36.4 Å². The molecule has 1 aromatic carbocycles. The zero-order valence-electron chi connectivity index (χ0n) is 15.8. The molecule has 4 aliphatic rings. The molecule has 7 heteroatoms. The average molecular weight is 377 g/mol. The van der Waals surface area contributed by atoms with Crippen molar-refractivity contribution in [3.63, 3.8) is 0 Å². The molecule has 0 radical (unpaired) electrons. The molecule has 0 spiro atoms. The van der Waals surface area contributed by atoms with Crippen LogP contribution in [0.2, 0.25) is 0 Å². The number of carbonyl (C=O) groups is 2. The summed E-state index contributed by atoms with van der Waals surface area (Å²) in [5.74, 6) is 1.72. The maximum Gasteiger partial charge on any atom is 0.235 e. The third kappa shape index (κ3) is 2.57. The first-order valence-electron chi connectivity index (χ1n) is 9.81. The van der Waals surface area contributed by atoms with Gasteiger partial charge in [-0.05, 0) is 25.3 Å². The first-order valence-corrected chi connectivity index (χ1v) is 9.81. The minimum Gasteiger partial charge on any atom is -0.358 e. The SMILES string of the molecule is CNC(=O)C1(C(=O)NC2C3CC2N(c2ccnc(-c4ccccc4)n2)C3)CC1. The van der Waals surface area contributed by atoms with Crippen LogP contribution in [0, 0.1) is 11.3 Å².